The lowest BCUT2D eigenvalue weighted by Gasteiger charge is -2.06. The first-order valence-corrected chi connectivity index (χ1v) is 7.87. The van der Waals surface area contributed by atoms with Crippen LogP contribution in [0.15, 0.2) is 4.52 Å². The summed E-state index contributed by atoms with van der Waals surface area (Å²) in [4.78, 5) is 16.5. The first kappa shape index (κ1) is 12.2. The summed E-state index contributed by atoms with van der Waals surface area (Å²) in [6.07, 6.45) is 7.13. The molecule has 0 radical (unpaired) electrons. The number of nitrogens with zero attached hydrogens (tertiary/aromatic N) is 2. The van der Waals surface area contributed by atoms with E-state index in [4.69, 9.17) is 4.52 Å². The fraction of sp³-hybridized carbons (Fsp3) is 0.769. The van der Waals surface area contributed by atoms with Gasteiger partial charge in [-0.3, -0.25) is 4.79 Å². The molecular weight excluding hydrogens is 248 g/mol. The molecule has 2 fully saturated rings. The monoisotopic (exact) mass is 266 g/mol. The normalized spacial score (nSPS) is 29.4. The maximum atomic E-state index is 12.0. The minimum absolute atomic E-state index is 0.139. The molecule has 1 saturated heterocycles. The van der Waals surface area contributed by atoms with Crippen molar-refractivity contribution in [2.24, 2.45) is 0 Å². The standard InChI is InChI=1S/C13H18N2O2S/c16-10-6-3-1-2-5-9(10)13-14-12(15-17-13)11-7-4-8-18-11/h9,11H,1-8H2. The van der Waals surface area contributed by atoms with E-state index in [1.54, 1.807) is 0 Å². The Balaban J connectivity index is 1.76. The Morgan fingerprint density at radius 2 is 2.11 bits per heavy atom. The lowest BCUT2D eigenvalue weighted by atomic mass is 9.99. The lowest BCUT2D eigenvalue weighted by molar-refractivity contribution is -0.120. The topological polar surface area (TPSA) is 56.0 Å². The van der Waals surface area contributed by atoms with Crippen LogP contribution in [-0.4, -0.2) is 21.7 Å². The van der Waals surface area contributed by atoms with Gasteiger partial charge in [0.25, 0.3) is 0 Å². The van der Waals surface area contributed by atoms with Gasteiger partial charge in [0, 0.05) is 6.42 Å². The van der Waals surface area contributed by atoms with E-state index in [0.717, 1.165) is 37.9 Å². The van der Waals surface area contributed by atoms with Crippen LogP contribution in [-0.2, 0) is 4.79 Å². The summed E-state index contributed by atoms with van der Waals surface area (Å²) in [5.41, 5.74) is 0. The fourth-order valence-electron chi connectivity index (χ4n) is 2.72. The van der Waals surface area contributed by atoms with Crippen LogP contribution in [0.5, 0.6) is 0 Å². The van der Waals surface area contributed by atoms with Crippen molar-refractivity contribution in [3.8, 4) is 0 Å². The predicted molar refractivity (Wildman–Crippen MR) is 69.6 cm³/mol. The van der Waals surface area contributed by atoms with Crippen molar-refractivity contribution < 1.29 is 9.32 Å². The van der Waals surface area contributed by atoms with Gasteiger partial charge in [0.1, 0.15) is 5.78 Å². The van der Waals surface area contributed by atoms with E-state index in [0.29, 0.717) is 17.6 Å². The Kier molecular flexibility index (Phi) is 3.68. The number of aromatic nitrogens is 2. The van der Waals surface area contributed by atoms with Gasteiger partial charge >= 0.3 is 0 Å². The Bertz CT molecular complexity index is 426. The average molecular weight is 266 g/mol. The first-order chi connectivity index (χ1) is 8.84. The molecule has 18 heavy (non-hydrogen) atoms. The van der Waals surface area contributed by atoms with Gasteiger partial charge in [-0.1, -0.05) is 18.0 Å². The predicted octanol–water partition coefficient (Wildman–Crippen LogP) is 3.25. The molecule has 5 heteroatoms. The van der Waals surface area contributed by atoms with E-state index in [1.165, 1.54) is 12.2 Å². The summed E-state index contributed by atoms with van der Waals surface area (Å²) in [6.45, 7) is 0. The van der Waals surface area contributed by atoms with E-state index < -0.39 is 0 Å². The van der Waals surface area contributed by atoms with E-state index in [9.17, 15) is 4.79 Å². The number of thioether (sulfide) groups is 1. The summed E-state index contributed by atoms with van der Waals surface area (Å²) in [5, 5.41) is 4.46. The second-order valence-electron chi connectivity index (χ2n) is 5.11. The molecule has 0 aromatic carbocycles. The second kappa shape index (κ2) is 5.43. The first-order valence-electron chi connectivity index (χ1n) is 6.82. The van der Waals surface area contributed by atoms with Crippen molar-refractivity contribution in [1.82, 2.24) is 10.1 Å². The van der Waals surface area contributed by atoms with Crippen molar-refractivity contribution in [2.45, 2.75) is 56.1 Å². The zero-order valence-electron chi connectivity index (χ0n) is 10.4. The zero-order chi connectivity index (χ0) is 12.4. The van der Waals surface area contributed by atoms with Crippen molar-refractivity contribution >= 4 is 17.5 Å². The third-order valence-corrected chi connectivity index (χ3v) is 5.15. The Morgan fingerprint density at radius 1 is 1.17 bits per heavy atom. The Hall–Kier alpha value is -0.840. The van der Waals surface area contributed by atoms with Crippen molar-refractivity contribution in [1.29, 1.82) is 0 Å². The molecule has 2 atom stereocenters. The molecule has 3 rings (SSSR count). The maximum absolute atomic E-state index is 12.0. The van der Waals surface area contributed by atoms with Crippen LogP contribution >= 0.6 is 11.8 Å². The molecule has 1 aromatic rings. The second-order valence-corrected chi connectivity index (χ2v) is 6.42. The molecule has 2 heterocycles. The van der Waals surface area contributed by atoms with Crippen molar-refractivity contribution in [3.05, 3.63) is 11.7 Å². The van der Waals surface area contributed by atoms with E-state index in [1.807, 2.05) is 11.8 Å². The number of rotatable bonds is 2. The minimum atomic E-state index is -0.139. The highest BCUT2D eigenvalue weighted by molar-refractivity contribution is 7.99. The average Bonchev–Trinajstić information content (AvgIpc) is 3.00. The molecule has 1 aliphatic heterocycles. The Morgan fingerprint density at radius 3 is 2.94 bits per heavy atom. The van der Waals surface area contributed by atoms with E-state index in [-0.39, 0.29) is 11.7 Å². The highest BCUT2D eigenvalue weighted by Crippen LogP contribution is 2.39. The third kappa shape index (κ3) is 2.46. The number of hydrogen-bond donors (Lipinski definition) is 0. The van der Waals surface area contributed by atoms with Crippen LogP contribution < -0.4 is 0 Å². The molecule has 1 saturated carbocycles. The smallest absolute Gasteiger partial charge is 0.237 e. The summed E-state index contributed by atoms with van der Waals surface area (Å²) < 4.78 is 5.35. The van der Waals surface area contributed by atoms with Crippen molar-refractivity contribution in [2.75, 3.05) is 5.75 Å². The lowest BCUT2D eigenvalue weighted by Crippen LogP contribution is -2.11. The molecule has 0 bridgehead atoms. The summed E-state index contributed by atoms with van der Waals surface area (Å²) in [6, 6.07) is 0. The zero-order valence-corrected chi connectivity index (χ0v) is 11.2. The SMILES string of the molecule is O=C1CCCCCC1c1nc(C2CCCS2)no1. The van der Waals surface area contributed by atoms with Crippen LogP contribution in [0, 0.1) is 0 Å². The fourth-order valence-corrected chi connectivity index (χ4v) is 3.92. The van der Waals surface area contributed by atoms with Gasteiger partial charge in [-0.25, -0.2) is 0 Å². The van der Waals surface area contributed by atoms with Gasteiger partial charge in [-0.15, -0.1) is 0 Å². The summed E-state index contributed by atoms with van der Waals surface area (Å²) in [5.74, 6) is 2.67. The molecule has 2 aliphatic rings. The maximum Gasteiger partial charge on any atom is 0.237 e. The van der Waals surface area contributed by atoms with Crippen LogP contribution in [0.2, 0.25) is 0 Å². The number of Topliss-reactive ketones (excluding diaryl/α,β-unsaturated/α-hetero) is 1. The van der Waals surface area contributed by atoms with Gasteiger partial charge in [0.15, 0.2) is 5.82 Å². The number of carbonyl (C=O) groups excluding carboxylic acids is 1. The van der Waals surface area contributed by atoms with Crippen molar-refractivity contribution in [3.63, 3.8) is 0 Å². The molecule has 1 aromatic heterocycles. The molecule has 98 valence electrons. The highest BCUT2D eigenvalue weighted by Gasteiger charge is 2.30. The molecule has 1 aliphatic carbocycles. The van der Waals surface area contributed by atoms with E-state index in [2.05, 4.69) is 10.1 Å². The van der Waals surface area contributed by atoms with Gasteiger partial charge in [-0.05, 0) is 31.4 Å². The molecule has 4 nitrogen and oxygen atoms in total. The summed E-state index contributed by atoms with van der Waals surface area (Å²) >= 11 is 1.89. The Labute approximate surface area is 111 Å². The molecular formula is C13H18N2O2S. The molecule has 0 N–H and O–H groups in total. The van der Waals surface area contributed by atoms with Crippen LogP contribution in [0.3, 0.4) is 0 Å². The van der Waals surface area contributed by atoms with Gasteiger partial charge in [0.05, 0.1) is 11.2 Å². The highest BCUT2D eigenvalue weighted by atomic mass is 32.2. The van der Waals surface area contributed by atoms with Crippen LogP contribution in [0.1, 0.15) is 67.8 Å². The number of carbonyl (C=O) groups is 1. The molecule has 2 unspecified atom stereocenters. The quantitative estimate of drug-likeness (QED) is 0.769. The minimum Gasteiger partial charge on any atom is -0.339 e. The number of hydrogen-bond acceptors (Lipinski definition) is 5. The number of ketones is 1. The largest absolute Gasteiger partial charge is 0.339 e. The van der Waals surface area contributed by atoms with Gasteiger partial charge in [0.2, 0.25) is 5.89 Å². The van der Waals surface area contributed by atoms with Gasteiger partial charge in [-0.2, -0.15) is 16.7 Å². The van der Waals surface area contributed by atoms with Gasteiger partial charge < -0.3 is 4.52 Å². The van der Waals surface area contributed by atoms with E-state index >= 15 is 0 Å². The molecule has 0 amide bonds. The van der Waals surface area contributed by atoms with Crippen LogP contribution in [0.25, 0.3) is 0 Å². The van der Waals surface area contributed by atoms with Crippen LogP contribution in [0.4, 0.5) is 0 Å². The molecule has 0 spiro atoms. The third-order valence-electron chi connectivity index (χ3n) is 3.78. The summed E-state index contributed by atoms with van der Waals surface area (Å²) in [7, 11) is 0.